The Kier molecular flexibility index (Phi) is 9.92. The molecular formula is C34H48O5Si. The molecule has 2 aliphatic heterocycles. The average Bonchev–Trinajstić information content (AvgIpc) is 2.91. The van der Waals surface area contributed by atoms with E-state index in [1.807, 2.05) is 43.3 Å². The van der Waals surface area contributed by atoms with Gasteiger partial charge in [-0.3, -0.25) is 0 Å². The van der Waals surface area contributed by atoms with Gasteiger partial charge in [-0.25, -0.2) is 0 Å². The van der Waals surface area contributed by atoms with Gasteiger partial charge in [-0.05, 0) is 42.6 Å². The Morgan fingerprint density at radius 2 is 1.70 bits per heavy atom. The summed E-state index contributed by atoms with van der Waals surface area (Å²) in [5.41, 5.74) is 1.36. The third kappa shape index (κ3) is 7.22. The zero-order valence-electron chi connectivity index (χ0n) is 25.1. The Labute approximate surface area is 242 Å². The SMILES string of the molecule is C=CC[C@H](O)[C@]1(C)O[C@@H]2C[C@H](OCc3ccccc3)[C@@H](/C=C/c3ccccc3)O[C@H]2C[C@H]1O[Si](C)(C)C(C)(C)C. The maximum absolute atomic E-state index is 11.3. The van der Waals surface area contributed by atoms with Crippen molar-refractivity contribution in [1.29, 1.82) is 0 Å². The molecule has 7 atom stereocenters. The Hall–Kier alpha value is -2.06. The molecule has 0 saturated carbocycles. The molecule has 2 aromatic rings. The fraction of sp³-hybridized carbons (Fsp3) is 0.529. The van der Waals surface area contributed by atoms with Crippen molar-refractivity contribution in [3.8, 4) is 0 Å². The molecule has 2 heterocycles. The fourth-order valence-corrected chi connectivity index (χ4v) is 6.73. The molecule has 2 aromatic carbocycles. The molecule has 5 nitrogen and oxygen atoms in total. The highest BCUT2D eigenvalue weighted by Crippen LogP contribution is 2.45. The second-order valence-corrected chi connectivity index (χ2v) is 17.7. The van der Waals surface area contributed by atoms with E-state index in [2.05, 4.69) is 76.9 Å². The second-order valence-electron chi connectivity index (χ2n) is 13.0. The van der Waals surface area contributed by atoms with Gasteiger partial charge in [0.2, 0.25) is 0 Å². The van der Waals surface area contributed by atoms with Crippen LogP contribution in [-0.2, 0) is 25.2 Å². The summed E-state index contributed by atoms with van der Waals surface area (Å²) in [5, 5.41) is 11.4. The first-order valence-corrected chi connectivity index (χ1v) is 17.5. The Morgan fingerprint density at radius 1 is 1.05 bits per heavy atom. The molecule has 4 rings (SSSR count). The molecular weight excluding hydrogens is 516 g/mol. The van der Waals surface area contributed by atoms with E-state index in [1.54, 1.807) is 6.08 Å². The molecule has 0 amide bonds. The number of fused-ring (bicyclic) bond motifs is 1. The lowest BCUT2D eigenvalue weighted by Gasteiger charge is -2.55. The molecule has 2 aliphatic rings. The van der Waals surface area contributed by atoms with Crippen LogP contribution in [0.2, 0.25) is 18.1 Å². The lowest BCUT2D eigenvalue weighted by atomic mass is 9.80. The predicted molar refractivity (Wildman–Crippen MR) is 165 cm³/mol. The van der Waals surface area contributed by atoms with E-state index in [-0.39, 0.29) is 35.6 Å². The standard InChI is InChI=1S/C34H48O5Si/c1-8-15-31(35)34(5)32(39-40(6,7)33(2,3)4)23-29-30(38-34)22-28(36-24-26-18-13-10-14-19-26)27(37-29)21-20-25-16-11-9-12-17-25/h8-14,16-21,27-32,35H,1,15,22-24H2,2-7H3/b21-20+/t27-,28+,29+,30-,31+,32-,34+/m1/s1. The average molecular weight is 565 g/mol. The summed E-state index contributed by atoms with van der Waals surface area (Å²) < 4.78 is 27.1. The largest absolute Gasteiger partial charge is 0.411 e. The van der Waals surface area contributed by atoms with Crippen LogP contribution in [-0.4, -0.2) is 55.6 Å². The number of ether oxygens (including phenoxy) is 3. The topological polar surface area (TPSA) is 57.2 Å². The fourth-order valence-electron chi connectivity index (χ4n) is 5.33. The van der Waals surface area contributed by atoms with Gasteiger partial charge in [0.1, 0.15) is 11.7 Å². The van der Waals surface area contributed by atoms with E-state index >= 15 is 0 Å². The van der Waals surface area contributed by atoms with Gasteiger partial charge in [0.25, 0.3) is 0 Å². The first kappa shape index (κ1) is 30.9. The van der Waals surface area contributed by atoms with Gasteiger partial charge < -0.3 is 23.7 Å². The summed E-state index contributed by atoms with van der Waals surface area (Å²) in [6.07, 6.45) is 5.89. The molecule has 2 saturated heterocycles. The third-order valence-corrected chi connectivity index (χ3v) is 13.4. The highest BCUT2D eigenvalue weighted by Gasteiger charge is 2.55. The van der Waals surface area contributed by atoms with Crippen LogP contribution in [0.1, 0.15) is 58.1 Å². The molecule has 2 fully saturated rings. The van der Waals surface area contributed by atoms with E-state index in [0.717, 1.165) is 11.1 Å². The van der Waals surface area contributed by atoms with Gasteiger partial charge in [-0.1, -0.05) is 99.7 Å². The maximum Gasteiger partial charge on any atom is 0.192 e. The number of rotatable bonds is 10. The van der Waals surface area contributed by atoms with Gasteiger partial charge in [0, 0.05) is 12.8 Å². The van der Waals surface area contributed by atoms with Crippen LogP contribution in [0.5, 0.6) is 0 Å². The molecule has 0 bridgehead atoms. The minimum Gasteiger partial charge on any atom is -0.411 e. The minimum atomic E-state index is -2.16. The summed E-state index contributed by atoms with van der Waals surface area (Å²) in [6, 6.07) is 20.5. The Balaban J connectivity index is 1.60. The molecule has 0 aliphatic carbocycles. The van der Waals surface area contributed by atoms with Crippen LogP contribution < -0.4 is 0 Å². The van der Waals surface area contributed by atoms with E-state index in [9.17, 15) is 5.11 Å². The van der Waals surface area contributed by atoms with Crippen LogP contribution in [0.15, 0.2) is 79.4 Å². The van der Waals surface area contributed by atoms with Gasteiger partial charge >= 0.3 is 0 Å². The highest BCUT2D eigenvalue weighted by atomic mass is 28.4. The van der Waals surface area contributed by atoms with Crippen LogP contribution in [0.4, 0.5) is 0 Å². The highest BCUT2D eigenvalue weighted by molar-refractivity contribution is 6.74. The summed E-state index contributed by atoms with van der Waals surface area (Å²) in [4.78, 5) is 0. The molecule has 218 valence electrons. The normalized spacial score (nSPS) is 30.1. The zero-order valence-corrected chi connectivity index (χ0v) is 26.1. The summed E-state index contributed by atoms with van der Waals surface area (Å²) >= 11 is 0. The molecule has 0 spiro atoms. The Morgan fingerprint density at radius 3 is 2.33 bits per heavy atom. The van der Waals surface area contributed by atoms with Crippen molar-refractivity contribution in [2.75, 3.05) is 0 Å². The molecule has 40 heavy (non-hydrogen) atoms. The molecule has 0 unspecified atom stereocenters. The van der Waals surface area contributed by atoms with E-state index < -0.39 is 20.0 Å². The maximum atomic E-state index is 11.3. The third-order valence-electron chi connectivity index (χ3n) is 8.95. The number of benzene rings is 2. The summed E-state index contributed by atoms with van der Waals surface area (Å²) in [5.74, 6) is 0. The van der Waals surface area contributed by atoms with Gasteiger partial charge in [-0.15, -0.1) is 6.58 Å². The van der Waals surface area contributed by atoms with E-state index in [4.69, 9.17) is 18.6 Å². The quantitative estimate of drug-likeness (QED) is 0.242. The Bertz CT molecular complexity index is 1110. The molecule has 0 radical (unpaired) electrons. The smallest absolute Gasteiger partial charge is 0.192 e. The van der Waals surface area contributed by atoms with Gasteiger partial charge in [-0.2, -0.15) is 0 Å². The lowest BCUT2D eigenvalue weighted by Crippen LogP contribution is -2.66. The van der Waals surface area contributed by atoms with Crippen LogP contribution in [0.3, 0.4) is 0 Å². The van der Waals surface area contributed by atoms with Crippen molar-refractivity contribution in [3.05, 3.63) is 90.5 Å². The molecule has 0 aromatic heterocycles. The van der Waals surface area contributed by atoms with E-state index in [1.165, 1.54) is 0 Å². The van der Waals surface area contributed by atoms with Crippen molar-refractivity contribution in [1.82, 2.24) is 0 Å². The van der Waals surface area contributed by atoms with Crippen LogP contribution >= 0.6 is 0 Å². The monoisotopic (exact) mass is 564 g/mol. The van der Waals surface area contributed by atoms with E-state index in [0.29, 0.717) is 25.9 Å². The van der Waals surface area contributed by atoms with Crippen LogP contribution in [0.25, 0.3) is 6.08 Å². The van der Waals surface area contributed by atoms with Crippen LogP contribution in [0, 0.1) is 0 Å². The number of aliphatic hydroxyl groups excluding tert-OH is 1. The van der Waals surface area contributed by atoms with Gasteiger partial charge in [0.15, 0.2) is 8.32 Å². The van der Waals surface area contributed by atoms with Crippen molar-refractivity contribution in [3.63, 3.8) is 0 Å². The number of aliphatic hydroxyl groups is 1. The number of hydrogen-bond donors (Lipinski definition) is 1. The lowest BCUT2D eigenvalue weighted by molar-refractivity contribution is -0.288. The molecule has 6 heteroatoms. The van der Waals surface area contributed by atoms with Crippen molar-refractivity contribution < 1.29 is 23.7 Å². The van der Waals surface area contributed by atoms with Crippen molar-refractivity contribution >= 4 is 14.4 Å². The molecule has 1 N–H and O–H groups in total. The predicted octanol–water partition coefficient (Wildman–Crippen LogP) is 7.32. The zero-order chi connectivity index (χ0) is 29.0. The first-order valence-electron chi connectivity index (χ1n) is 14.6. The van der Waals surface area contributed by atoms with Crippen molar-refractivity contribution in [2.45, 2.75) is 114 Å². The first-order chi connectivity index (χ1) is 18.9. The van der Waals surface area contributed by atoms with Crippen molar-refractivity contribution in [2.24, 2.45) is 0 Å². The summed E-state index contributed by atoms with van der Waals surface area (Å²) in [7, 11) is -2.16. The van der Waals surface area contributed by atoms with Gasteiger partial charge in [0.05, 0.1) is 37.1 Å². The summed E-state index contributed by atoms with van der Waals surface area (Å²) in [6.45, 7) is 17.6. The second kappa shape index (κ2) is 12.8. The number of hydrogen-bond acceptors (Lipinski definition) is 5. The minimum absolute atomic E-state index is 0.0267.